The third-order valence-corrected chi connectivity index (χ3v) is 8.23. The van der Waals surface area contributed by atoms with Crippen LogP contribution in [0.3, 0.4) is 0 Å². The Morgan fingerprint density at radius 1 is 1.10 bits per heavy atom. The highest BCUT2D eigenvalue weighted by Crippen LogP contribution is 2.42. The Hall–Kier alpha value is -2.00. The van der Waals surface area contributed by atoms with Crippen LogP contribution >= 0.6 is 23.8 Å². The van der Waals surface area contributed by atoms with Crippen molar-refractivity contribution in [3.05, 3.63) is 59.1 Å². The van der Waals surface area contributed by atoms with Gasteiger partial charge < -0.3 is 10.2 Å². The lowest BCUT2D eigenvalue weighted by Gasteiger charge is -2.45. The zero-order valence-corrected chi connectivity index (χ0v) is 20.1. The number of thiocarbonyl (C=S) groups is 1. The summed E-state index contributed by atoms with van der Waals surface area (Å²) in [6, 6.07) is 13.8. The number of anilines is 1. The van der Waals surface area contributed by atoms with Gasteiger partial charge in [-0.05, 0) is 55.7 Å². The van der Waals surface area contributed by atoms with Gasteiger partial charge in [-0.15, -0.1) is 0 Å². The molecule has 1 atom stereocenters. The van der Waals surface area contributed by atoms with E-state index in [0.29, 0.717) is 28.7 Å². The molecular formula is C22H26ClN3O3S2. The van der Waals surface area contributed by atoms with Gasteiger partial charge in [0.25, 0.3) is 0 Å². The molecule has 0 heterocycles. The molecule has 166 valence electrons. The molecule has 1 fully saturated rings. The number of ketones is 1. The highest BCUT2D eigenvalue weighted by atomic mass is 35.5. The molecule has 31 heavy (non-hydrogen) atoms. The third-order valence-electron chi connectivity index (χ3n) is 5.71. The summed E-state index contributed by atoms with van der Waals surface area (Å²) in [5, 5.41) is 3.94. The predicted molar refractivity (Wildman–Crippen MR) is 128 cm³/mol. The van der Waals surface area contributed by atoms with Gasteiger partial charge in [0, 0.05) is 43.8 Å². The number of hydrogen-bond acceptors (Lipinski definition) is 4. The number of rotatable bonds is 5. The first-order valence-corrected chi connectivity index (χ1v) is 12.2. The molecule has 0 radical (unpaired) electrons. The van der Waals surface area contributed by atoms with Gasteiger partial charge in [-0.25, -0.2) is 12.7 Å². The Bertz CT molecular complexity index is 1100. The number of carbonyl (C=O) groups excluding carboxylic acids is 1. The number of Topliss-reactive ketones (excluding diaryl/α,β-unsaturated/α-hetero) is 1. The summed E-state index contributed by atoms with van der Waals surface area (Å²) in [5.41, 5.74) is 0.294. The smallest absolute Gasteiger partial charge is 0.242 e. The van der Waals surface area contributed by atoms with Gasteiger partial charge in [-0.1, -0.05) is 35.9 Å². The second-order valence-electron chi connectivity index (χ2n) is 7.77. The van der Waals surface area contributed by atoms with Crippen LogP contribution in [0, 0.1) is 0 Å². The third kappa shape index (κ3) is 4.48. The van der Waals surface area contributed by atoms with Crippen molar-refractivity contribution in [1.82, 2.24) is 9.21 Å². The van der Waals surface area contributed by atoms with Gasteiger partial charge in [0.05, 0.1) is 4.90 Å². The van der Waals surface area contributed by atoms with Crippen LogP contribution in [-0.4, -0.2) is 49.7 Å². The Labute approximate surface area is 194 Å². The van der Waals surface area contributed by atoms with Crippen molar-refractivity contribution >= 4 is 50.4 Å². The monoisotopic (exact) mass is 479 g/mol. The second kappa shape index (κ2) is 9.24. The number of nitrogens with one attached hydrogen (secondary N) is 1. The van der Waals surface area contributed by atoms with Crippen LogP contribution in [0.2, 0.25) is 5.02 Å². The largest absolute Gasteiger partial charge is 0.335 e. The van der Waals surface area contributed by atoms with Gasteiger partial charge >= 0.3 is 0 Å². The van der Waals surface area contributed by atoms with Crippen molar-refractivity contribution in [2.45, 2.75) is 36.1 Å². The Kier molecular flexibility index (Phi) is 7.05. The molecule has 1 aliphatic rings. The molecule has 0 amide bonds. The molecule has 3 rings (SSSR count). The summed E-state index contributed by atoms with van der Waals surface area (Å²) in [6.45, 7) is 0. The van der Waals surface area contributed by atoms with Crippen molar-refractivity contribution in [3.8, 4) is 0 Å². The minimum Gasteiger partial charge on any atom is -0.335 e. The molecule has 0 bridgehead atoms. The van der Waals surface area contributed by atoms with E-state index >= 15 is 0 Å². The van der Waals surface area contributed by atoms with Crippen molar-refractivity contribution in [1.29, 1.82) is 0 Å². The van der Waals surface area contributed by atoms with Crippen LogP contribution in [0.15, 0.2) is 53.4 Å². The standard InChI is InChI=1S/C22H26ClN3O3S2/c1-25(2)31(28,29)17-10-8-9-16(15-17)24-21(30)26(3)22(14-7-6-13-20(22)27)18-11-4-5-12-19(18)23/h4-5,8-12,15H,6-7,13-14H2,1-3H3,(H,24,30). The average Bonchev–Trinajstić information content (AvgIpc) is 2.74. The Morgan fingerprint density at radius 2 is 1.81 bits per heavy atom. The van der Waals surface area contributed by atoms with Crippen molar-refractivity contribution in [2.75, 3.05) is 26.5 Å². The van der Waals surface area contributed by atoms with Gasteiger partial charge in [-0.3, -0.25) is 4.79 Å². The summed E-state index contributed by atoms with van der Waals surface area (Å²) < 4.78 is 26.1. The van der Waals surface area contributed by atoms with Gasteiger partial charge in [-0.2, -0.15) is 0 Å². The first kappa shape index (κ1) is 23.7. The van der Waals surface area contributed by atoms with Crippen LogP contribution in [-0.2, 0) is 20.4 Å². The molecule has 1 unspecified atom stereocenters. The average molecular weight is 480 g/mol. The van der Waals surface area contributed by atoms with E-state index in [9.17, 15) is 13.2 Å². The summed E-state index contributed by atoms with van der Waals surface area (Å²) in [4.78, 5) is 15.2. The lowest BCUT2D eigenvalue weighted by atomic mass is 9.74. The maximum Gasteiger partial charge on any atom is 0.242 e. The highest BCUT2D eigenvalue weighted by Gasteiger charge is 2.47. The van der Waals surface area contributed by atoms with Crippen molar-refractivity contribution in [3.63, 3.8) is 0 Å². The van der Waals surface area contributed by atoms with Gasteiger partial charge in [0.1, 0.15) is 5.54 Å². The van der Waals surface area contributed by atoms with Crippen molar-refractivity contribution < 1.29 is 13.2 Å². The summed E-state index contributed by atoms with van der Waals surface area (Å²) in [7, 11) is 1.16. The van der Waals surface area contributed by atoms with Crippen LogP contribution in [0.4, 0.5) is 5.69 Å². The molecule has 0 aliphatic heterocycles. The number of carbonyl (C=O) groups is 1. The Morgan fingerprint density at radius 3 is 2.45 bits per heavy atom. The molecule has 1 saturated carbocycles. The number of hydrogen-bond donors (Lipinski definition) is 1. The van der Waals surface area contributed by atoms with E-state index in [1.807, 2.05) is 18.2 Å². The first-order chi connectivity index (χ1) is 14.6. The number of sulfonamides is 1. The SMILES string of the molecule is CN(C(=S)Nc1cccc(S(=O)(=O)N(C)C)c1)C1(c2ccccc2Cl)CCCCC1=O. The van der Waals surface area contributed by atoms with E-state index in [4.69, 9.17) is 23.8 Å². The summed E-state index contributed by atoms with van der Waals surface area (Å²) in [5.74, 6) is 0.0717. The minimum atomic E-state index is -3.58. The fraction of sp³-hybridized carbons (Fsp3) is 0.364. The van der Waals surface area contributed by atoms with E-state index in [0.717, 1.165) is 22.7 Å². The molecule has 2 aromatic carbocycles. The van der Waals surface area contributed by atoms with E-state index < -0.39 is 15.6 Å². The van der Waals surface area contributed by atoms with Crippen LogP contribution < -0.4 is 5.32 Å². The fourth-order valence-corrected chi connectivity index (χ4v) is 5.47. The normalized spacial score (nSPS) is 19.3. The molecule has 0 aromatic heterocycles. The number of halogens is 1. The van der Waals surface area contributed by atoms with Gasteiger partial charge in [0.15, 0.2) is 10.9 Å². The number of benzene rings is 2. The minimum absolute atomic E-state index is 0.0717. The van der Waals surface area contributed by atoms with Crippen LogP contribution in [0.5, 0.6) is 0 Å². The molecule has 6 nitrogen and oxygen atoms in total. The fourth-order valence-electron chi connectivity index (χ4n) is 3.96. The van der Waals surface area contributed by atoms with Crippen molar-refractivity contribution in [2.24, 2.45) is 0 Å². The number of nitrogens with zero attached hydrogens (tertiary/aromatic N) is 2. The molecule has 1 N–H and O–H groups in total. The molecule has 9 heteroatoms. The van der Waals surface area contributed by atoms with E-state index in [-0.39, 0.29) is 10.7 Å². The zero-order valence-electron chi connectivity index (χ0n) is 17.8. The van der Waals surface area contributed by atoms with Gasteiger partial charge in [0.2, 0.25) is 10.0 Å². The first-order valence-electron chi connectivity index (χ1n) is 9.96. The van der Waals surface area contributed by atoms with E-state index in [1.165, 1.54) is 26.2 Å². The number of likely N-dealkylation sites (N-methyl/N-ethyl adjacent to an activating group) is 1. The lowest BCUT2D eigenvalue weighted by Crippen LogP contribution is -2.55. The second-order valence-corrected chi connectivity index (χ2v) is 10.7. The topological polar surface area (TPSA) is 69.7 Å². The zero-order chi connectivity index (χ0) is 22.8. The lowest BCUT2D eigenvalue weighted by molar-refractivity contribution is -0.131. The maximum absolute atomic E-state index is 13.3. The predicted octanol–water partition coefficient (Wildman–Crippen LogP) is 4.26. The molecule has 0 saturated heterocycles. The van der Waals surface area contributed by atoms with E-state index in [1.54, 1.807) is 30.1 Å². The maximum atomic E-state index is 13.3. The molecule has 1 aliphatic carbocycles. The van der Waals surface area contributed by atoms with E-state index in [2.05, 4.69) is 5.32 Å². The summed E-state index contributed by atoms with van der Waals surface area (Å²) in [6.07, 6.45) is 2.77. The Balaban J connectivity index is 1.95. The summed E-state index contributed by atoms with van der Waals surface area (Å²) >= 11 is 12.2. The molecule has 2 aromatic rings. The van der Waals surface area contributed by atoms with Crippen LogP contribution in [0.25, 0.3) is 0 Å². The molecule has 0 spiro atoms. The quantitative estimate of drug-likeness (QED) is 0.646. The molecular weight excluding hydrogens is 454 g/mol. The van der Waals surface area contributed by atoms with Crippen LogP contribution in [0.1, 0.15) is 31.2 Å². The highest BCUT2D eigenvalue weighted by molar-refractivity contribution is 7.89.